The Kier molecular flexibility index (Phi) is 8.63. The zero-order valence-corrected chi connectivity index (χ0v) is 11.9. The van der Waals surface area contributed by atoms with Crippen LogP contribution in [0, 0.1) is 0 Å². The van der Waals surface area contributed by atoms with E-state index in [4.69, 9.17) is 14.6 Å². The smallest absolute Gasteiger partial charge is 0.407 e. The van der Waals surface area contributed by atoms with Crippen LogP contribution in [0.1, 0.15) is 24.8 Å². The minimum atomic E-state index is -0.818. The fourth-order valence-electron chi connectivity index (χ4n) is 1.57. The molecular weight excluding hydrogens is 274 g/mol. The van der Waals surface area contributed by atoms with Crippen LogP contribution in [0.25, 0.3) is 0 Å². The lowest BCUT2D eigenvalue weighted by Crippen LogP contribution is -2.26. The molecule has 0 saturated carbocycles. The van der Waals surface area contributed by atoms with Crippen LogP contribution in [0.5, 0.6) is 0 Å². The van der Waals surface area contributed by atoms with Crippen LogP contribution in [0.3, 0.4) is 0 Å². The highest BCUT2D eigenvalue weighted by Gasteiger charge is 2.01. The van der Waals surface area contributed by atoms with Crippen molar-refractivity contribution in [1.29, 1.82) is 0 Å². The van der Waals surface area contributed by atoms with Crippen molar-refractivity contribution in [2.75, 3.05) is 19.8 Å². The van der Waals surface area contributed by atoms with Gasteiger partial charge < -0.3 is 19.9 Å². The third-order valence-electron chi connectivity index (χ3n) is 2.63. The monoisotopic (exact) mass is 295 g/mol. The lowest BCUT2D eigenvalue weighted by atomic mass is 10.2. The van der Waals surface area contributed by atoms with E-state index >= 15 is 0 Å². The number of hydrogen-bond donors (Lipinski definition) is 2. The van der Waals surface area contributed by atoms with Crippen LogP contribution in [0.15, 0.2) is 30.3 Å². The summed E-state index contributed by atoms with van der Waals surface area (Å²) in [6, 6.07) is 9.45. The van der Waals surface area contributed by atoms with Crippen molar-refractivity contribution in [3.05, 3.63) is 35.9 Å². The number of alkyl carbamates (subject to hydrolysis) is 1. The Bertz CT molecular complexity index is 421. The summed E-state index contributed by atoms with van der Waals surface area (Å²) in [7, 11) is 0. The van der Waals surface area contributed by atoms with Gasteiger partial charge >= 0.3 is 12.1 Å². The molecule has 116 valence electrons. The Morgan fingerprint density at radius 2 is 1.81 bits per heavy atom. The number of amides is 1. The Hall–Kier alpha value is -2.08. The molecule has 1 aromatic carbocycles. The van der Waals surface area contributed by atoms with Gasteiger partial charge in [-0.2, -0.15) is 0 Å². The maximum atomic E-state index is 11.4. The fraction of sp³-hybridized carbons (Fsp3) is 0.467. The highest BCUT2D eigenvalue weighted by Crippen LogP contribution is 2.00. The zero-order valence-electron chi connectivity index (χ0n) is 11.9. The Labute approximate surface area is 124 Å². The predicted molar refractivity (Wildman–Crippen MR) is 76.9 cm³/mol. The van der Waals surface area contributed by atoms with Crippen molar-refractivity contribution >= 4 is 12.1 Å². The molecule has 0 unspecified atom stereocenters. The third-order valence-corrected chi connectivity index (χ3v) is 2.63. The maximum absolute atomic E-state index is 11.4. The van der Waals surface area contributed by atoms with E-state index in [1.54, 1.807) is 0 Å². The molecule has 0 aliphatic heterocycles. The molecule has 0 heterocycles. The Morgan fingerprint density at radius 3 is 2.52 bits per heavy atom. The van der Waals surface area contributed by atoms with Gasteiger partial charge in [0, 0.05) is 26.2 Å². The van der Waals surface area contributed by atoms with Gasteiger partial charge in [-0.15, -0.1) is 0 Å². The van der Waals surface area contributed by atoms with Crippen molar-refractivity contribution in [2.24, 2.45) is 0 Å². The first-order chi connectivity index (χ1) is 10.2. The van der Waals surface area contributed by atoms with Gasteiger partial charge in [0.25, 0.3) is 0 Å². The van der Waals surface area contributed by atoms with Crippen molar-refractivity contribution in [1.82, 2.24) is 5.32 Å². The summed E-state index contributed by atoms with van der Waals surface area (Å²) in [6.45, 7) is 1.62. The molecule has 0 aliphatic rings. The lowest BCUT2D eigenvalue weighted by molar-refractivity contribution is -0.137. The first-order valence-electron chi connectivity index (χ1n) is 6.92. The number of carboxylic acids is 1. The summed E-state index contributed by atoms with van der Waals surface area (Å²) in [6.07, 6.45) is 0.823. The molecule has 0 aliphatic carbocycles. The first-order valence-corrected chi connectivity index (χ1v) is 6.92. The quantitative estimate of drug-likeness (QED) is 0.646. The van der Waals surface area contributed by atoms with E-state index < -0.39 is 12.1 Å². The molecule has 0 saturated heterocycles. The molecule has 6 heteroatoms. The van der Waals surface area contributed by atoms with Crippen molar-refractivity contribution in [2.45, 2.75) is 25.9 Å². The Balaban J connectivity index is 1.93. The average molecular weight is 295 g/mol. The summed E-state index contributed by atoms with van der Waals surface area (Å²) < 4.78 is 10.3. The average Bonchev–Trinajstić information content (AvgIpc) is 2.48. The number of aliphatic carboxylic acids is 1. The molecule has 21 heavy (non-hydrogen) atoms. The van der Waals surface area contributed by atoms with Crippen molar-refractivity contribution in [3.63, 3.8) is 0 Å². The number of nitrogens with one attached hydrogen (secondary N) is 1. The van der Waals surface area contributed by atoms with Crippen molar-refractivity contribution in [3.8, 4) is 0 Å². The number of rotatable bonds is 10. The van der Waals surface area contributed by atoms with E-state index in [2.05, 4.69) is 5.32 Å². The molecule has 0 bridgehead atoms. The van der Waals surface area contributed by atoms with Crippen LogP contribution >= 0.6 is 0 Å². The van der Waals surface area contributed by atoms with Gasteiger partial charge in [-0.05, 0) is 18.4 Å². The minimum absolute atomic E-state index is 0.115. The van der Waals surface area contributed by atoms with Crippen LogP contribution in [0.4, 0.5) is 4.79 Å². The lowest BCUT2D eigenvalue weighted by Gasteiger charge is -2.07. The number of hydrogen-bond acceptors (Lipinski definition) is 4. The number of carbonyl (C=O) groups excluding carboxylic acids is 1. The molecule has 1 amide bonds. The van der Waals surface area contributed by atoms with Crippen LogP contribution in [0.2, 0.25) is 0 Å². The van der Waals surface area contributed by atoms with E-state index in [-0.39, 0.29) is 13.0 Å². The second kappa shape index (κ2) is 10.7. The SMILES string of the molecule is O=C(O)CCCOCCCNC(=O)OCc1ccccc1. The maximum Gasteiger partial charge on any atom is 0.407 e. The number of carboxylic acid groups (broad SMARTS) is 1. The summed E-state index contributed by atoms with van der Waals surface area (Å²) in [5.41, 5.74) is 0.939. The molecule has 2 N–H and O–H groups in total. The van der Waals surface area contributed by atoms with E-state index in [0.29, 0.717) is 32.6 Å². The second-order valence-corrected chi connectivity index (χ2v) is 4.45. The predicted octanol–water partition coefficient (Wildman–Crippen LogP) is 2.18. The number of benzene rings is 1. The highest BCUT2D eigenvalue weighted by molar-refractivity contribution is 5.67. The van der Waals surface area contributed by atoms with Gasteiger partial charge in [-0.1, -0.05) is 30.3 Å². The normalized spacial score (nSPS) is 10.1. The fourth-order valence-corrected chi connectivity index (χ4v) is 1.57. The van der Waals surface area contributed by atoms with Gasteiger partial charge in [0.05, 0.1) is 0 Å². The molecule has 0 fully saturated rings. The molecular formula is C15H21NO5. The Morgan fingerprint density at radius 1 is 1.10 bits per heavy atom. The van der Waals surface area contributed by atoms with Gasteiger partial charge in [0.1, 0.15) is 6.61 Å². The number of ether oxygens (including phenoxy) is 2. The van der Waals surface area contributed by atoms with Crippen LogP contribution < -0.4 is 5.32 Å². The van der Waals surface area contributed by atoms with Crippen LogP contribution in [-0.2, 0) is 20.9 Å². The van der Waals surface area contributed by atoms with Gasteiger partial charge in [-0.25, -0.2) is 4.79 Å². The second-order valence-electron chi connectivity index (χ2n) is 4.45. The van der Waals surface area contributed by atoms with Gasteiger partial charge in [-0.3, -0.25) is 4.79 Å². The first kappa shape index (κ1) is 17.0. The van der Waals surface area contributed by atoms with E-state index in [0.717, 1.165) is 5.56 Å². The molecule has 1 rings (SSSR count). The highest BCUT2D eigenvalue weighted by atomic mass is 16.5. The summed E-state index contributed by atoms with van der Waals surface area (Å²) in [5.74, 6) is -0.818. The summed E-state index contributed by atoms with van der Waals surface area (Å²) >= 11 is 0. The molecule has 0 atom stereocenters. The molecule has 1 aromatic rings. The molecule has 0 spiro atoms. The zero-order chi connectivity index (χ0) is 15.3. The molecule has 0 radical (unpaired) electrons. The summed E-state index contributed by atoms with van der Waals surface area (Å²) in [5, 5.41) is 11.1. The largest absolute Gasteiger partial charge is 0.481 e. The topological polar surface area (TPSA) is 84.9 Å². The van der Waals surface area contributed by atoms with Gasteiger partial charge in [0.2, 0.25) is 0 Å². The standard InChI is InChI=1S/C15H21NO5/c17-14(18)8-4-10-20-11-5-9-16-15(19)21-12-13-6-2-1-3-7-13/h1-3,6-7H,4-5,8-12H2,(H,16,19)(H,17,18). The molecule has 6 nitrogen and oxygen atoms in total. The summed E-state index contributed by atoms with van der Waals surface area (Å²) in [4.78, 5) is 21.6. The van der Waals surface area contributed by atoms with E-state index in [1.807, 2.05) is 30.3 Å². The third kappa shape index (κ3) is 9.45. The number of carbonyl (C=O) groups is 2. The molecule has 0 aromatic heterocycles. The van der Waals surface area contributed by atoms with Crippen molar-refractivity contribution < 1.29 is 24.2 Å². The van der Waals surface area contributed by atoms with E-state index in [1.165, 1.54) is 0 Å². The minimum Gasteiger partial charge on any atom is -0.481 e. The van der Waals surface area contributed by atoms with E-state index in [9.17, 15) is 9.59 Å². The van der Waals surface area contributed by atoms with Gasteiger partial charge in [0.15, 0.2) is 0 Å². The van der Waals surface area contributed by atoms with Crippen LogP contribution in [-0.4, -0.2) is 36.9 Å².